The number of fused-ring (bicyclic) bond motifs is 1. The molecule has 180 valence electrons. The molecule has 4 rings (SSSR count). The van der Waals surface area contributed by atoms with Crippen LogP contribution in [0.25, 0.3) is 10.9 Å². The molecule has 10 heteroatoms. The van der Waals surface area contributed by atoms with E-state index in [1.807, 2.05) is 0 Å². The fourth-order valence-electron chi connectivity index (χ4n) is 4.01. The van der Waals surface area contributed by atoms with Crippen molar-refractivity contribution in [3.8, 4) is 5.75 Å². The molecule has 2 aromatic carbocycles. The number of hydrogen-bond acceptors (Lipinski definition) is 7. The summed E-state index contributed by atoms with van der Waals surface area (Å²) in [6.45, 7) is 2.44. The lowest BCUT2D eigenvalue weighted by Crippen LogP contribution is -2.32. The van der Waals surface area contributed by atoms with Crippen molar-refractivity contribution in [2.45, 2.75) is 43.6 Å². The first-order valence-electron chi connectivity index (χ1n) is 11.2. The summed E-state index contributed by atoms with van der Waals surface area (Å²) in [7, 11) is -2.47. The molecule has 0 saturated carbocycles. The lowest BCUT2D eigenvalue weighted by Gasteiger charge is -2.21. The topological polar surface area (TPSA) is 119 Å². The molecule has 1 aromatic heterocycles. The minimum atomic E-state index is -3.85. The van der Waals surface area contributed by atoms with Crippen molar-refractivity contribution < 1.29 is 22.7 Å². The summed E-state index contributed by atoms with van der Waals surface area (Å²) in [4.78, 5) is 32.2. The molecule has 0 aliphatic carbocycles. The van der Waals surface area contributed by atoms with Crippen LogP contribution in [-0.2, 0) is 14.8 Å². The minimum absolute atomic E-state index is 0.0594. The van der Waals surface area contributed by atoms with Gasteiger partial charge in [0, 0.05) is 13.1 Å². The van der Waals surface area contributed by atoms with Crippen LogP contribution in [0.15, 0.2) is 52.2 Å². The average molecular weight is 486 g/mol. The van der Waals surface area contributed by atoms with E-state index >= 15 is 0 Å². The Kier molecular flexibility index (Phi) is 6.99. The SMILES string of the molecule is COc1ccc(C(=O)OC(C)c2nc3ccccc3c(=O)[nH]2)cc1S(=O)(=O)N1CCCCCC1. The number of carbonyl (C=O) groups excluding carboxylic acids is 1. The monoisotopic (exact) mass is 485 g/mol. The van der Waals surface area contributed by atoms with E-state index in [9.17, 15) is 18.0 Å². The number of nitrogens with one attached hydrogen (secondary N) is 1. The van der Waals surface area contributed by atoms with Gasteiger partial charge in [-0.15, -0.1) is 0 Å². The van der Waals surface area contributed by atoms with Crippen molar-refractivity contribution in [1.29, 1.82) is 0 Å². The van der Waals surface area contributed by atoms with Gasteiger partial charge in [0.25, 0.3) is 5.56 Å². The summed E-state index contributed by atoms with van der Waals surface area (Å²) in [5, 5.41) is 0.434. The third kappa shape index (κ3) is 4.83. The number of sulfonamides is 1. The maximum Gasteiger partial charge on any atom is 0.338 e. The number of esters is 1. The van der Waals surface area contributed by atoms with Gasteiger partial charge < -0.3 is 14.5 Å². The van der Waals surface area contributed by atoms with Crippen molar-refractivity contribution in [2.24, 2.45) is 0 Å². The predicted molar refractivity (Wildman–Crippen MR) is 126 cm³/mol. The number of aromatic amines is 1. The largest absolute Gasteiger partial charge is 0.495 e. The molecule has 1 unspecified atom stereocenters. The van der Waals surface area contributed by atoms with Crippen LogP contribution >= 0.6 is 0 Å². The Morgan fingerprint density at radius 3 is 2.50 bits per heavy atom. The number of nitrogens with zero attached hydrogens (tertiary/aromatic N) is 2. The third-order valence-electron chi connectivity index (χ3n) is 5.88. The van der Waals surface area contributed by atoms with E-state index in [2.05, 4.69) is 9.97 Å². The highest BCUT2D eigenvalue weighted by Gasteiger charge is 2.29. The molecule has 0 bridgehead atoms. The number of aromatic nitrogens is 2. The molecule has 1 saturated heterocycles. The molecule has 1 fully saturated rings. The fraction of sp³-hybridized carbons (Fsp3) is 0.375. The average Bonchev–Trinajstić information content (AvgIpc) is 3.14. The number of rotatable bonds is 6. The number of H-pyrrole nitrogens is 1. The third-order valence-corrected chi connectivity index (χ3v) is 7.80. The van der Waals surface area contributed by atoms with Crippen molar-refractivity contribution in [2.75, 3.05) is 20.2 Å². The van der Waals surface area contributed by atoms with Gasteiger partial charge in [0.05, 0.1) is 23.6 Å². The zero-order chi connectivity index (χ0) is 24.3. The predicted octanol–water partition coefficient (Wildman–Crippen LogP) is 3.41. The smallest absolute Gasteiger partial charge is 0.338 e. The summed E-state index contributed by atoms with van der Waals surface area (Å²) in [6.07, 6.45) is 2.68. The lowest BCUT2D eigenvalue weighted by molar-refractivity contribution is 0.0319. The Balaban J connectivity index is 1.61. The first-order valence-corrected chi connectivity index (χ1v) is 12.6. The zero-order valence-electron chi connectivity index (χ0n) is 19.1. The van der Waals surface area contributed by atoms with Crippen LogP contribution in [0.1, 0.15) is 54.9 Å². The van der Waals surface area contributed by atoms with E-state index in [-0.39, 0.29) is 27.6 Å². The summed E-state index contributed by atoms with van der Waals surface area (Å²) in [5.74, 6) is -0.379. The Morgan fingerprint density at radius 2 is 1.79 bits per heavy atom. The van der Waals surface area contributed by atoms with Crippen molar-refractivity contribution in [1.82, 2.24) is 14.3 Å². The molecule has 0 amide bonds. The summed E-state index contributed by atoms with van der Waals surface area (Å²) >= 11 is 0. The maximum atomic E-state index is 13.3. The van der Waals surface area contributed by atoms with Crippen LogP contribution in [0, 0.1) is 0 Å². The van der Waals surface area contributed by atoms with E-state index < -0.39 is 22.1 Å². The highest BCUT2D eigenvalue weighted by molar-refractivity contribution is 7.89. The van der Waals surface area contributed by atoms with Gasteiger partial charge in [-0.2, -0.15) is 4.31 Å². The van der Waals surface area contributed by atoms with E-state index in [0.717, 1.165) is 25.7 Å². The van der Waals surface area contributed by atoms with Gasteiger partial charge >= 0.3 is 5.97 Å². The quantitative estimate of drug-likeness (QED) is 0.532. The fourth-order valence-corrected chi connectivity index (χ4v) is 5.71. The number of methoxy groups -OCH3 is 1. The standard InChI is InChI=1S/C24H27N3O6S/c1-16(22-25-19-10-6-5-9-18(19)23(28)26-22)33-24(29)17-11-12-20(32-2)21(15-17)34(30,31)27-13-7-3-4-8-14-27/h5-6,9-12,15-16H,3-4,7-8,13-14H2,1-2H3,(H,25,26,28). The van der Waals surface area contributed by atoms with Gasteiger partial charge in [-0.05, 0) is 50.1 Å². The van der Waals surface area contributed by atoms with Crippen LogP contribution in [-0.4, -0.2) is 48.9 Å². The summed E-state index contributed by atoms with van der Waals surface area (Å²) < 4.78 is 38.9. The molecule has 9 nitrogen and oxygen atoms in total. The van der Waals surface area contributed by atoms with Crippen LogP contribution in [0.3, 0.4) is 0 Å². The van der Waals surface area contributed by atoms with Crippen molar-refractivity contribution in [3.63, 3.8) is 0 Å². The van der Waals surface area contributed by atoms with Crippen LogP contribution in [0.5, 0.6) is 5.75 Å². The number of ether oxygens (including phenoxy) is 2. The number of hydrogen-bond donors (Lipinski definition) is 1. The molecule has 34 heavy (non-hydrogen) atoms. The normalized spacial score (nSPS) is 16.1. The second kappa shape index (κ2) is 9.94. The molecular weight excluding hydrogens is 458 g/mol. The highest BCUT2D eigenvalue weighted by Crippen LogP contribution is 2.30. The van der Waals surface area contributed by atoms with Gasteiger partial charge in [0.1, 0.15) is 10.6 Å². The molecule has 0 spiro atoms. The number of para-hydroxylation sites is 1. The molecular formula is C24H27N3O6S. The van der Waals surface area contributed by atoms with Crippen molar-refractivity contribution >= 4 is 26.9 Å². The second-order valence-corrected chi connectivity index (χ2v) is 10.1. The molecule has 1 aliphatic heterocycles. The summed E-state index contributed by atoms with van der Waals surface area (Å²) in [6, 6.07) is 11.0. The molecule has 3 aromatic rings. The van der Waals surface area contributed by atoms with Crippen molar-refractivity contribution in [3.05, 3.63) is 64.2 Å². The van der Waals surface area contributed by atoms with E-state index in [0.29, 0.717) is 24.0 Å². The Hall–Kier alpha value is -3.24. The molecule has 2 heterocycles. The Labute approximate surface area is 197 Å². The number of carbonyl (C=O) groups is 1. The number of benzene rings is 2. The van der Waals surface area contributed by atoms with E-state index in [4.69, 9.17) is 9.47 Å². The van der Waals surface area contributed by atoms with Gasteiger partial charge in [-0.1, -0.05) is 25.0 Å². The lowest BCUT2D eigenvalue weighted by atomic mass is 10.2. The molecule has 1 atom stereocenters. The van der Waals surface area contributed by atoms with Gasteiger partial charge in [0.2, 0.25) is 10.0 Å². The highest BCUT2D eigenvalue weighted by atomic mass is 32.2. The summed E-state index contributed by atoms with van der Waals surface area (Å²) in [5.41, 5.74) is 0.211. The van der Waals surface area contributed by atoms with Crippen LogP contribution in [0.4, 0.5) is 0 Å². The molecule has 0 radical (unpaired) electrons. The van der Waals surface area contributed by atoms with Crippen LogP contribution < -0.4 is 10.3 Å². The Bertz CT molecular complexity index is 1360. The Morgan fingerprint density at radius 1 is 1.09 bits per heavy atom. The van der Waals surface area contributed by atoms with Gasteiger partial charge in [-0.25, -0.2) is 18.2 Å². The molecule has 1 N–H and O–H groups in total. The molecule has 1 aliphatic rings. The first-order chi connectivity index (χ1) is 16.3. The van der Waals surface area contributed by atoms with E-state index in [1.54, 1.807) is 31.2 Å². The first kappa shape index (κ1) is 23.9. The van der Waals surface area contributed by atoms with Gasteiger partial charge in [-0.3, -0.25) is 4.79 Å². The maximum absolute atomic E-state index is 13.3. The van der Waals surface area contributed by atoms with Crippen LogP contribution in [0.2, 0.25) is 0 Å². The van der Waals surface area contributed by atoms with Gasteiger partial charge in [0.15, 0.2) is 11.9 Å². The van der Waals surface area contributed by atoms with E-state index in [1.165, 1.54) is 29.6 Å². The minimum Gasteiger partial charge on any atom is -0.495 e. The zero-order valence-corrected chi connectivity index (χ0v) is 19.9. The second-order valence-electron chi connectivity index (χ2n) is 8.20.